The van der Waals surface area contributed by atoms with Crippen molar-refractivity contribution in [3.63, 3.8) is 0 Å². The summed E-state index contributed by atoms with van der Waals surface area (Å²) in [4.78, 5) is 27.4. The SMILES string of the molecule is C[C@@H]1COCCN1c1nc(-c2ccncn2)c(Br)c(=O)n1C. The first-order valence-electron chi connectivity index (χ1n) is 6.97. The number of ether oxygens (including phenoxy) is 1. The number of rotatable bonds is 2. The molecule has 0 radical (unpaired) electrons. The van der Waals surface area contributed by atoms with Gasteiger partial charge in [-0.1, -0.05) is 0 Å². The summed E-state index contributed by atoms with van der Waals surface area (Å²) >= 11 is 3.34. The molecule has 1 aliphatic rings. The highest BCUT2D eigenvalue weighted by atomic mass is 79.9. The Balaban J connectivity index is 2.15. The molecule has 116 valence electrons. The van der Waals surface area contributed by atoms with Crippen molar-refractivity contribution in [3.05, 3.63) is 33.4 Å². The molecule has 2 aromatic heterocycles. The van der Waals surface area contributed by atoms with Gasteiger partial charge in [-0.15, -0.1) is 0 Å². The Bertz CT molecular complexity index is 734. The zero-order chi connectivity index (χ0) is 15.7. The summed E-state index contributed by atoms with van der Waals surface area (Å²) in [6, 6.07) is 1.89. The largest absolute Gasteiger partial charge is 0.377 e. The van der Waals surface area contributed by atoms with Crippen LogP contribution in [0.2, 0.25) is 0 Å². The van der Waals surface area contributed by atoms with E-state index in [-0.39, 0.29) is 11.6 Å². The van der Waals surface area contributed by atoms with Crippen LogP contribution in [0.4, 0.5) is 5.95 Å². The summed E-state index contributed by atoms with van der Waals surface area (Å²) in [6.07, 6.45) is 3.07. The van der Waals surface area contributed by atoms with Crippen LogP contribution >= 0.6 is 15.9 Å². The first-order valence-corrected chi connectivity index (χ1v) is 7.76. The van der Waals surface area contributed by atoms with Crippen molar-refractivity contribution in [2.75, 3.05) is 24.7 Å². The van der Waals surface area contributed by atoms with Gasteiger partial charge in [0.1, 0.15) is 16.5 Å². The van der Waals surface area contributed by atoms with Gasteiger partial charge in [0.15, 0.2) is 0 Å². The second-order valence-electron chi connectivity index (χ2n) is 5.15. The van der Waals surface area contributed by atoms with Gasteiger partial charge in [-0.2, -0.15) is 0 Å². The van der Waals surface area contributed by atoms with E-state index in [1.165, 1.54) is 6.33 Å². The lowest BCUT2D eigenvalue weighted by Crippen LogP contribution is -2.46. The minimum Gasteiger partial charge on any atom is -0.377 e. The average molecular weight is 366 g/mol. The number of hydrogen-bond acceptors (Lipinski definition) is 6. The van der Waals surface area contributed by atoms with Gasteiger partial charge in [0.05, 0.1) is 24.9 Å². The van der Waals surface area contributed by atoms with Crippen LogP contribution in [0.3, 0.4) is 0 Å². The van der Waals surface area contributed by atoms with Crippen LogP contribution < -0.4 is 10.5 Å². The number of hydrogen-bond donors (Lipinski definition) is 0. The highest BCUT2D eigenvalue weighted by Crippen LogP contribution is 2.25. The summed E-state index contributed by atoms with van der Waals surface area (Å²) in [5.74, 6) is 0.623. The van der Waals surface area contributed by atoms with Gasteiger partial charge in [-0.25, -0.2) is 15.0 Å². The van der Waals surface area contributed by atoms with E-state index >= 15 is 0 Å². The monoisotopic (exact) mass is 365 g/mol. The molecule has 3 rings (SSSR count). The molecule has 0 saturated carbocycles. The Morgan fingerprint density at radius 2 is 2.27 bits per heavy atom. The molecule has 1 atom stereocenters. The molecule has 3 heterocycles. The van der Waals surface area contributed by atoms with Gasteiger partial charge < -0.3 is 9.64 Å². The molecule has 0 N–H and O–H groups in total. The van der Waals surface area contributed by atoms with Crippen molar-refractivity contribution in [3.8, 4) is 11.4 Å². The van der Waals surface area contributed by atoms with E-state index in [1.54, 1.807) is 23.9 Å². The van der Waals surface area contributed by atoms with Crippen LogP contribution in [0.25, 0.3) is 11.4 Å². The second kappa shape index (κ2) is 6.13. The zero-order valence-electron chi connectivity index (χ0n) is 12.4. The molecule has 1 fully saturated rings. The molecule has 0 amide bonds. The van der Waals surface area contributed by atoms with Crippen molar-refractivity contribution in [2.45, 2.75) is 13.0 Å². The van der Waals surface area contributed by atoms with Gasteiger partial charge >= 0.3 is 0 Å². The zero-order valence-corrected chi connectivity index (χ0v) is 13.9. The predicted octanol–water partition coefficient (Wildman–Crippen LogP) is 1.22. The molecule has 0 aliphatic carbocycles. The Hall–Kier alpha value is -1.80. The van der Waals surface area contributed by atoms with Gasteiger partial charge in [0.2, 0.25) is 5.95 Å². The van der Waals surface area contributed by atoms with Crippen molar-refractivity contribution >= 4 is 21.9 Å². The smallest absolute Gasteiger partial charge is 0.269 e. The van der Waals surface area contributed by atoms with E-state index in [4.69, 9.17) is 4.74 Å². The van der Waals surface area contributed by atoms with E-state index in [1.807, 2.05) is 0 Å². The van der Waals surface area contributed by atoms with E-state index in [2.05, 4.69) is 42.7 Å². The molecular formula is C14H16BrN5O2. The fourth-order valence-electron chi connectivity index (χ4n) is 2.45. The maximum atomic E-state index is 12.5. The molecule has 0 aromatic carbocycles. The van der Waals surface area contributed by atoms with Gasteiger partial charge in [0, 0.05) is 19.8 Å². The van der Waals surface area contributed by atoms with E-state index in [9.17, 15) is 4.79 Å². The quantitative estimate of drug-likeness (QED) is 0.796. The third-order valence-electron chi connectivity index (χ3n) is 3.66. The lowest BCUT2D eigenvalue weighted by molar-refractivity contribution is 0.0976. The Morgan fingerprint density at radius 1 is 1.45 bits per heavy atom. The van der Waals surface area contributed by atoms with Gasteiger partial charge in [-0.05, 0) is 28.9 Å². The molecule has 2 aromatic rings. The summed E-state index contributed by atoms with van der Waals surface area (Å²) in [5.41, 5.74) is 0.998. The summed E-state index contributed by atoms with van der Waals surface area (Å²) in [7, 11) is 1.72. The second-order valence-corrected chi connectivity index (χ2v) is 5.94. The molecule has 0 bridgehead atoms. The molecule has 0 spiro atoms. The van der Waals surface area contributed by atoms with Gasteiger partial charge in [0.25, 0.3) is 5.56 Å². The highest BCUT2D eigenvalue weighted by molar-refractivity contribution is 9.10. The van der Waals surface area contributed by atoms with Gasteiger partial charge in [-0.3, -0.25) is 9.36 Å². The summed E-state index contributed by atoms with van der Waals surface area (Å²) < 4.78 is 7.41. The minimum atomic E-state index is -0.141. The predicted molar refractivity (Wildman–Crippen MR) is 85.8 cm³/mol. The van der Waals surface area contributed by atoms with Crippen LogP contribution in [-0.4, -0.2) is 45.3 Å². The first kappa shape index (κ1) is 15.1. The number of halogens is 1. The number of morpholine rings is 1. The highest BCUT2D eigenvalue weighted by Gasteiger charge is 2.25. The molecular weight excluding hydrogens is 350 g/mol. The molecule has 22 heavy (non-hydrogen) atoms. The Labute approximate surface area is 136 Å². The summed E-state index contributed by atoms with van der Waals surface area (Å²) in [6.45, 7) is 4.00. The lowest BCUT2D eigenvalue weighted by atomic mass is 10.2. The third-order valence-corrected chi connectivity index (χ3v) is 4.38. The molecule has 0 unspecified atom stereocenters. The molecule has 8 heteroatoms. The van der Waals surface area contributed by atoms with Crippen LogP contribution in [-0.2, 0) is 11.8 Å². The topological polar surface area (TPSA) is 73.1 Å². The number of nitrogens with zero attached hydrogens (tertiary/aromatic N) is 5. The van der Waals surface area contributed by atoms with E-state index in [0.717, 1.165) is 0 Å². The third kappa shape index (κ3) is 2.64. The van der Waals surface area contributed by atoms with Crippen LogP contribution in [0.5, 0.6) is 0 Å². The normalized spacial score (nSPS) is 18.5. The first-order chi connectivity index (χ1) is 10.6. The number of anilines is 1. The van der Waals surface area contributed by atoms with Crippen LogP contribution in [0.15, 0.2) is 27.9 Å². The molecule has 1 aliphatic heterocycles. The Kier molecular flexibility index (Phi) is 4.21. The molecule has 1 saturated heterocycles. The standard InChI is InChI=1S/C14H16BrN5O2/c1-9-7-22-6-5-20(9)14-18-12(10-3-4-16-8-17-10)11(15)13(21)19(14)2/h3-4,8-9H,5-7H2,1-2H3/t9-/m1/s1. The lowest BCUT2D eigenvalue weighted by Gasteiger charge is -2.35. The fourth-order valence-corrected chi connectivity index (χ4v) is 3.00. The van der Waals surface area contributed by atoms with Crippen LogP contribution in [0.1, 0.15) is 6.92 Å². The van der Waals surface area contributed by atoms with Crippen molar-refractivity contribution in [2.24, 2.45) is 7.05 Å². The maximum Gasteiger partial charge on any atom is 0.269 e. The summed E-state index contributed by atoms with van der Waals surface area (Å²) in [5, 5.41) is 0. The number of aromatic nitrogens is 4. The maximum absolute atomic E-state index is 12.5. The average Bonchev–Trinajstić information content (AvgIpc) is 2.55. The van der Waals surface area contributed by atoms with Crippen molar-refractivity contribution in [1.29, 1.82) is 0 Å². The minimum absolute atomic E-state index is 0.141. The van der Waals surface area contributed by atoms with E-state index in [0.29, 0.717) is 41.6 Å². The van der Waals surface area contributed by atoms with Crippen molar-refractivity contribution < 1.29 is 4.74 Å². The molecule has 7 nitrogen and oxygen atoms in total. The Morgan fingerprint density at radius 3 is 2.95 bits per heavy atom. The van der Waals surface area contributed by atoms with Crippen LogP contribution in [0, 0.1) is 0 Å². The van der Waals surface area contributed by atoms with Crippen molar-refractivity contribution in [1.82, 2.24) is 19.5 Å². The van der Waals surface area contributed by atoms with E-state index < -0.39 is 0 Å². The fraction of sp³-hybridized carbons (Fsp3) is 0.429.